The first kappa shape index (κ1) is 11.4. The molecule has 0 amide bonds. The standard InChI is InChI=1S/C13H17N5/c14-7-11-8-16-13(9-15-11)17-10-3-5-18(6-4-10)12-1-2-12/h8-10,12H,1-6H2,(H,16,17). The lowest BCUT2D eigenvalue weighted by molar-refractivity contribution is 0.210. The van der Waals surface area contributed by atoms with E-state index in [2.05, 4.69) is 20.2 Å². The molecule has 0 atom stereocenters. The summed E-state index contributed by atoms with van der Waals surface area (Å²) in [6, 6.07) is 3.34. The quantitative estimate of drug-likeness (QED) is 0.869. The highest BCUT2D eigenvalue weighted by atomic mass is 15.2. The van der Waals surface area contributed by atoms with Crippen LogP contribution in [0.25, 0.3) is 0 Å². The summed E-state index contributed by atoms with van der Waals surface area (Å²) in [5.74, 6) is 0.777. The molecule has 1 N–H and O–H groups in total. The van der Waals surface area contributed by atoms with Gasteiger partial charge in [-0.1, -0.05) is 0 Å². The van der Waals surface area contributed by atoms with Gasteiger partial charge >= 0.3 is 0 Å². The summed E-state index contributed by atoms with van der Waals surface area (Å²) in [5.41, 5.74) is 0.365. The van der Waals surface area contributed by atoms with Gasteiger partial charge in [0, 0.05) is 25.2 Å². The van der Waals surface area contributed by atoms with E-state index in [1.54, 1.807) is 6.20 Å². The summed E-state index contributed by atoms with van der Waals surface area (Å²) in [5, 5.41) is 12.1. The van der Waals surface area contributed by atoms with Crippen LogP contribution in [-0.4, -0.2) is 40.0 Å². The lowest BCUT2D eigenvalue weighted by atomic mass is 10.1. The molecule has 2 fully saturated rings. The summed E-state index contributed by atoms with van der Waals surface area (Å²) >= 11 is 0. The number of anilines is 1. The summed E-state index contributed by atoms with van der Waals surface area (Å²) < 4.78 is 0. The van der Waals surface area contributed by atoms with E-state index in [1.165, 1.54) is 32.1 Å². The zero-order chi connectivity index (χ0) is 12.4. The maximum Gasteiger partial charge on any atom is 0.158 e. The molecular formula is C13H17N5. The Bertz CT molecular complexity index is 437. The smallest absolute Gasteiger partial charge is 0.158 e. The molecule has 94 valence electrons. The highest BCUT2D eigenvalue weighted by Crippen LogP contribution is 2.29. The van der Waals surface area contributed by atoms with Crippen LogP contribution < -0.4 is 5.32 Å². The van der Waals surface area contributed by atoms with E-state index < -0.39 is 0 Å². The molecule has 0 radical (unpaired) electrons. The lowest BCUT2D eigenvalue weighted by Gasteiger charge is -2.32. The fourth-order valence-electron chi connectivity index (χ4n) is 2.52. The second-order valence-electron chi connectivity index (χ2n) is 5.08. The molecule has 5 nitrogen and oxygen atoms in total. The number of hydrogen-bond donors (Lipinski definition) is 1. The predicted molar refractivity (Wildman–Crippen MR) is 68.0 cm³/mol. The predicted octanol–water partition coefficient (Wildman–Crippen LogP) is 1.39. The largest absolute Gasteiger partial charge is 0.366 e. The van der Waals surface area contributed by atoms with Crippen LogP contribution >= 0.6 is 0 Å². The Hall–Kier alpha value is -1.67. The maximum absolute atomic E-state index is 8.66. The van der Waals surface area contributed by atoms with Crippen molar-refractivity contribution in [2.24, 2.45) is 0 Å². The molecule has 5 heteroatoms. The van der Waals surface area contributed by atoms with Crippen molar-refractivity contribution >= 4 is 5.82 Å². The van der Waals surface area contributed by atoms with Crippen LogP contribution in [-0.2, 0) is 0 Å². The number of likely N-dealkylation sites (tertiary alicyclic amines) is 1. The van der Waals surface area contributed by atoms with Gasteiger partial charge in [-0.25, -0.2) is 9.97 Å². The first-order chi connectivity index (χ1) is 8.85. The maximum atomic E-state index is 8.66. The third-order valence-corrected chi connectivity index (χ3v) is 3.71. The topological polar surface area (TPSA) is 64.8 Å². The van der Waals surface area contributed by atoms with Crippen LogP contribution in [0.4, 0.5) is 5.82 Å². The molecule has 18 heavy (non-hydrogen) atoms. The van der Waals surface area contributed by atoms with E-state index in [0.29, 0.717) is 11.7 Å². The van der Waals surface area contributed by atoms with Crippen LogP contribution in [0.15, 0.2) is 12.4 Å². The van der Waals surface area contributed by atoms with Gasteiger partial charge in [-0.2, -0.15) is 5.26 Å². The lowest BCUT2D eigenvalue weighted by Crippen LogP contribution is -2.40. The van der Waals surface area contributed by atoms with Gasteiger partial charge in [0.2, 0.25) is 0 Å². The van der Waals surface area contributed by atoms with E-state index in [1.807, 2.05) is 6.07 Å². The van der Waals surface area contributed by atoms with Crippen molar-refractivity contribution in [2.45, 2.75) is 37.8 Å². The summed E-state index contributed by atoms with van der Waals surface area (Å²) in [4.78, 5) is 10.8. The fourth-order valence-corrected chi connectivity index (χ4v) is 2.52. The van der Waals surface area contributed by atoms with Gasteiger partial charge < -0.3 is 10.2 Å². The van der Waals surface area contributed by atoms with E-state index in [0.717, 1.165) is 24.7 Å². The van der Waals surface area contributed by atoms with Crippen LogP contribution in [0.2, 0.25) is 0 Å². The number of nitrogens with one attached hydrogen (secondary N) is 1. The van der Waals surface area contributed by atoms with Crippen molar-refractivity contribution in [3.63, 3.8) is 0 Å². The van der Waals surface area contributed by atoms with Crippen LogP contribution in [0.3, 0.4) is 0 Å². The summed E-state index contributed by atoms with van der Waals surface area (Å²) in [6.45, 7) is 2.37. The van der Waals surface area contributed by atoms with Crippen molar-refractivity contribution in [2.75, 3.05) is 18.4 Å². The molecule has 0 spiro atoms. The minimum atomic E-state index is 0.365. The van der Waals surface area contributed by atoms with Crippen molar-refractivity contribution in [1.29, 1.82) is 5.26 Å². The highest BCUT2D eigenvalue weighted by Gasteiger charge is 2.31. The molecule has 1 aliphatic heterocycles. The molecule has 1 aromatic heterocycles. The van der Waals surface area contributed by atoms with Crippen molar-refractivity contribution in [1.82, 2.24) is 14.9 Å². The molecule has 0 bridgehead atoms. The molecule has 1 saturated heterocycles. The zero-order valence-electron chi connectivity index (χ0n) is 10.3. The van der Waals surface area contributed by atoms with Gasteiger partial charge in [-0.15, -0.1) is 0 Å². The molecule has 1 aromatic rings. The Balaban J connectivity index is 1.52. The third kappa shape index (κ3) is 2.59. The Morgan fingerprint density at radius 1 is 1.17 bits per heavy atom. The van der Waals surface area contributed by atoms with Gasteiger partial charge in [0.25, 0.3) is 0 Å². The minimum absolute atomic E-state index is 0.365. The van der Waals surface area contributed by atoms with Crippen molar-refractivity contribution < 1.29 is 0 Å². The second kappa shape index (κ2) is 4.91. The van der Waals surface area contributed by atoms with Crippen LogP contribution in [0.5, 0.6) is 0 Å². The summed E-state index contributed by atoms with van der Waals surface area (Å²) in [6.07, 6.45) is 8.27. The summed E-state index contributed by atoms with van der Waals surface area (Å²) in [7, 11) is 0. The normalized spacial score (nSPS) is 21.5. The highest BCUT2D eigenvalue weighted by molar-refractivity contribution is 5.34. The SMILES string of the molecule is N#Cc1cnc(NC2CCN(C3CC3)CC2)cn1. The Morgan fingerprint density at radius 3 is 2.50 bits per heavy atom. The monoisotopic (exact) mass is 243 g/mol. The second-order valence-corrected chi connectivity index (χ2v) is 5.08. The molecule has 2 aliphatic rings. The number of rotatable bonds is 3. The van der Waals surface area contributed by atoms with Crippen molar-refractivity contribution in [3.8, 4) is 6.07 Å². The van der Waals surface area contributed by atoms with Gasteiger partial charge in [0.1, 0.15) is 11.9 Å². The molecule has 0 unspecified atom stereocenters. The third-order valence-electron chi connectivity index (χ3n) is 3.71. The molecule has 3 rings (SSSR count). The fraction of sp³-hybridized carbons (Fsp3) is 0.615. The van der Waals surface area contributed by atoms with Gasteiger partial charge in [-0.05, 0) is 25.7 Å². The molecular weight excluding hydrogens is 226 g/mol. The van der Waals surface area contributed by atoms with Gasteiger partial charge in [0.05, 0.1) is 12.4 Å². The Morgan fingerprint density at radius 2 is 1.94 bits per heavy atom. The van der Waals surface area contributed by atoms with E-state index >= 15 is 0 Å². The molecule has 2 heterocycles. The molecule has 1 saturated carbocycles. The number of nitrogens with zero attached hydrogens (tertiary/aromatic N) is 4. The van der Waals surface area contributed by atoms with Crippen LogP contribution in [0.1, 0.15) is 31.4 Å². The average Bonchev–Trinajstić information content (AvgIpc) is 3.25. The van der Waals surface area contributed by atoms with Crippen molar-refractivity contribution in [3.05, 3.63) is 18.1 Å². The van der Waals surface area contributed by atoms with E-state index in [4.69, 9.17) is 5.26 Å². The number of nitriles is 1. The first-order valence-electron chi connectivity index (χ1n) is 6.58. The number of aromatic nitrogens is 2. The van der Waals surface area contributed by atoms with Gasteiger partial charge in [0.15, 0.2) is 5.69 Å². The zero-order valence-corrected chi connectivity index (χ0v) is 10.3. The number of piperidine rings is 1. The van der Waals surface area contributed by atoms with E-state index in [9.17, 15) is 0 Å². The molecule has 1 aliphatic carbocycles. The molecule has 0 aromatic carbocycles. The van der Waals surface area contributed by atoms with Gasteiger partial charge in [-0.3, -0.25) is 0 Å². The Kier molecular flexibility index (Phi) is 3.11. The average molecular weight is 243 g/mol. The van der Waals surface area contributed by atoms with E-state index in [-0.39, 0.29) is 0 Å². The van der Waals surface area contributed by atoms with Crippen LogP contribution in [0, 0.1) is 11.3 Å². The Labute approximate surface area is 107 Å². The number of hydrogen-bond acceptors (Lipinski definition) is 5. The minimum Gasteiger partial charge on any atom is -0.366 e. The first-order valence-corrected chi connectivity index (χ1v) is 6.58.